The molecule has 0 spiro atoms. The molecule has 1 aliphatic rings. The van der Waals surface area contributed by atoms with E-state index in [1.54, 1.807) is 0 Å². The Bertz CT molecular complexity index is 1140. The molecule has 0 aliphatic heterocycles. The van der Waals surface area contributed by atoms with Crippen LogP contribution in [0.4, 0.5) is 0 Å². The smallest absolute Gasteiger partial charge is 0.123 e. The molecule has 0 aromatic heterocycles. The first-order chi connectivity index (χ1) is 20.0. The van der Waals surface area contributed by atoms with Gasteiger partial charge in [-0.05, 0) is 84.1 Å². The Morgan fingerprint density at radius 3 is 2.22 bits per heavy atom. The maximum absolute atomic E-state index is 10.8. The van der Waals surface area contributed by atoms with Gasteiger partial charge in [-0.25, -0.2) is 0 Å². The van der Waals surface area contributed by atoms with Crippen molar-refractivity contribution < 1.29 is 14.6 Å². The lowest BCUT2D eigenvalue weighted by Gasteiger charge is -2.36. The first-order valence-corrected chi connectivity index (χ1v) is 16.1. The molecule has 0 amide bonds. The largest absolute Gasteiger partial charge is 0.489 e. The van der Waals surface area contributed by atoms with Crippen LogP contribution in [-0.4, -0.2) is 17.8 Å². The molecule has 222 valence electrons. The maximum atomic E-state index is 10.8. The van der Waals surface area contributed by atoms with Crippen LogP contribution in [0.1, 0.15) is 113 Å². The third-order valence-corrected chi connectivity index (χ3v) is 9.03. The number of hydrogen-bond donors (Lipinski definition) is 1. The quantitative estimate of drug-likeness (QED) is 0.178. The molecule has 0 radical (unpaired) electrons. The summed E-state index contributed by atoms with van der Waals surface area (Å²) >= 11 is 0. The summed E-state index contributed by atoms with van der Waals surface area (Å²) in [6.45, 7) is 9.01. The zero-order valence-electron chi connectivity index (χ0n) is 25.7. The number of hydrogen-bond acceptors (Lipinski definition) is 3. The number of unbranched alkanes of at least 4 members (excludes halogenated alkanes) is 3. The first kappa shape index (κ1) is 31.3. The van der Waals surface area contributed by atoms with Gasteiger partial charge in [-0.3, -0.25) is 0 Å². The van der Waals surface area contributed by atoms with Crippen LogP contribution in [0, 0.1) is 5.92 Å². The van der Waals surface area contributed by atoms with Gasteiger partial charge in [0.05, 0.1) is 12.7 Å². The van der Waals surface area contributed by atoms with Crippen molar-refractivity contribution in [2.75, 3.05) is 6.61 Å². The lowest BCUT2D eigenvalue weighted by molar-refractivity contribution is 0.0788. The second kappa shape index (κ2) is 16.1. The summed E-state index contributed by atoms with van der Waals surface area (Å²) in [6.07, 6.45) is 10.9. The van der Waals surface area contributed by atoms with Crippen molar-refractivity contribution in [3.8, 4) is 5.75 Å². The molecule has 1 fully saturated rings. The Kier molecular flexibility index (Phi) is 12.3. The van der Waals surface area contributed by atoms with Gasteiger partial charge in [0, 0.05) is 6.61 Å². The molecule has 0 bridgehead atoms. The van der Waals surface area contributed by atoms with Gasteiger partial charge >= 0.3 is 0 Å². The van der Waals surface area contributed by atoms with Gasteiger partial charge in [0.25, 0.3) is 0 Å². The fourth-order valence-electron chi connectivity index (χ4n) is 6.41. The van der Waals surface area contributed by atoms with E-state index in [4.69, 9.17) is 9.47 Å². The van der Waals surface area contributed by atoms with Crippen molar-refractivity contribution in [2.24, 2.45) is 5.92 Å². The van der Waals surface area contributed by atoms with Gasteiger partial charge in [0.1, 0.15) is 12.4 Å². The predicted octanol–water partition coefficient (Wildman–Crippen LogP) is 9.76. The third-order valence-electron chi connectivity index (χ3n) is 9.03. The minimum atomic E-state index is -0.248. The summed E-state index contributed by atoms with van der Waals surface area (Å²) in [6, 6.07) is 27.8. The fourth-order valence-corrected chi connectivity index (χ4v) is 6.41. The van der Waals surface area contributed by atoms with E-state index >= 15 is 0 Å². The molecular formula is C38H52O3. The van der Waals surface area contributed by atoms with E-state index in [0.717, 1.165) is 44.5 Å². The molecule has 4 rings (SSSR count). The summed E-state index contributed by atoms with van der Waals surface area (Å²) in [5.41, 5.74) is 5.11. The highest BCUT2D eigenvalue weighted by atomic mass is 16.5. The van der Waals surface area contributed by atoms with E-state index < -0.39 is 0 Å². The van der Waals surface area contributed by atoms with Crippen molar-refractivity contribution in [3.05, 3.63) is 101 Å². The minimum absolute atomic E-state index is 0.0959. The van der Waals surface area contributed by atoms with E-state index in [2.05, 4.69) is 87.5 Å². The molecule has 0 heterocycles. The van der Waals surface area contributed by atoms with Crippen LogP contribution in [0.3, 0.4) is 0 Å². The van der Waals surface area contributed by atoms with Gasteiger partial charge in [0.15, 0.2) is 0 Å². The second-order valence-electron chi connectivity index (χ2n) is 12.7. The predicted molar refractivity (Wildman–Crippen MR) is 170 cm³/mol. The average Bonchev–Trinajstić information content (AvgIpc) is 2.99. The lowest BCUT2D eigenvalue weighted by Crippen LogP contribution is -2.27. The number of benzene rings is 3. The molecule has 3 atom stereocenters. The van der Waals surface area contributed by atoms with Crippen LogP contribution in [0.5, 0.6) is 5.75 Å². The molecule has 0 unspecified atom stereocenters. The summed E-state index contributed by atoms with van der Waals surface area (Å²) in [7, 11) is 0. The average molecular weight is 557 g/mol. The highest BCUT2D eigenvalue weighted by molar-refractivity contribution is 5.43. The van der Waals surface area contributed by atoms with E-state index in [9.17, 15) is 5.11 Å². The fraction of sp³-hybridized carbons (Fsp3) is 0.526. The molecule has 1 saturated carbocycles. The molecule has 0 saturated heterocycles. The molecular weight excluding hydrogens is 504 g/mol. The Balaban J connectivity index is 1.48. The van der Waals surface area contributed by atoms with Crippen molar-refractivity contribution in [1.82, 2.24) is 0 Å². The maximum Gasteiger partial charge on any atom is 0.123 e. The normalized spacial score (nSPS) is 19.3. The van der Waals surface area contributed by atoms with Crippen LogP contribution in [0.25, 0.3) is 0 Å². The zero-order chi connectivity index (χ0) is 28.9. The van der Waals surface area contributed by atoms with E-state index in [1.807, 2.05) is 12.1 Å². The Labute approximate surface area is 249 Å². The van der Waals surface area contributed by atoms with E-state index in [-0.39, 0.29) is 11.5 Å². The highest BCUT2D eigenvalue weighted by Crippen LogP contribution is 2.45. The standard InChI is InChI=1S/C38H52O3/c1-4-5-6-13-24-38(2,3)33-21-23-35(37(26-33)41-29-31-17-11-8-12-18-31)36-27-34(39)22-20-32(36)19-14-25-40-28-30-15-9-7-10-16-30/h7-12,15-18,21,23,26,32,34,36,39H,4-6,13-14,19-20,22,24-25,27-29H2,1-3H3/t32-,34-,36-/m1/s1. The molecule has 41 heavy (non-hydrogen) atoms. The van der Waals surface area contributed by atoms with Gasteiger partial charge in [-0.15, -0.1) is 0 Å². The molecule has 1 N–H and O–H groups in total. The molecule has 3 nitrogen and oxygen atoms in total. The molecule has 3 aromatic carbocycles. The summed E-state index contributed by atoms with van der Waals surface area (Å²) in [5, 5.41) is 10.8. The second-order valence-corrected chi connectivity index (χ2v) is 12.7. The monoisotopic (exact) mass is 556 g/mol. The van der Waals surface area contributed by atoms with Crippen molar-refractivity contribution in [1.29, 1.82) is 0 Å². The summed E-state index contributed by atoms with van der Waals surface area (Å²) < 4.78 is 12.6. The van der Waals surface area contributed by atoms with E-state index in [0.29, 0.717) is 25.0 Å². The first-order valence-electron chi connectivity index (χ1n) is 16.1. The van der Waals surface area contributed by atoms with Crippen LogP contribution in [-0.2, 0) is 23.4 Å². The van der Waals surface area contributed by atoms with E-state index in [1.165, 1.54) is 54.4 Å². The number of aliphatic hydroxyl groups excluding tert-OH is 1. The number of ether oxygens (including phenoxy) is 2. The summed E-state index contributed by atoms with van der Waals surface area (Å²) in [4.78, 5) is 0. The van der Waals surface area contributed by atoms with Crippen LogP contribution in [0.15, 0.2) is 78.9 Å². The zero-order valence-corrected chi connectivity index (χ0v) is 25.7. The molecule has 3 heteroatoms. The van der Waals surface area contributed by atoms with Crippen LogP contribution < -0.4 is 4.74 Å². The Morgan fingerprint density at radius 1 is 0.805 bits per heavy atom. The van der Waals surface area contributed by atoms with Crippen LogP contribution >= 0.6 is 0 Å². The molecule has 1 aliphatic carbocycles. The van der Waals surface area contributed by atoms with Gasteiger partial charge in [0.2, 0.25) is 0 Å². The Hall–Kier alpha value is -2.62. The SMILES string of the molecule is CCCCCCC(C)(C)c1ccc([C@@H]2C[C@H](O)CC[C@H]2CCCOCc2ccccc2)c(OCc2ccccc2)c1. The number of aliphatic hydroxyl groups is 1. The van der Waals surface area contributed by atoms with Gasteiger partial charge < -0.3 is 14.6 Å². The molecule has 3 aromatic rings. The van der Waals surface area contributed by atoms with Crippen LogP contribution in [0.2, 0.25) is 0 Å². The topological polar surface area (TPSA) is 38.7 Å². The van der Waals surface area contributed by atoms with Crippen molar-refractivity contribution >= 4 is 0 Å². The minimum Gasteiger partial charge on any atom is -0.489 e. The number of rotatable bonds is 16. The summed E-state index contributed by atoms with van der Waals surface area (Å²) in [5.74, 6) is 1.81. The van der Waals surface area contributed by atoms with Crippen molar-refractivity contribution in [3.63, 3.8) is 0 Å². The Morgan fingerprint density at radius 2 is 1.51 bits per heavy atom. The third kappa shape index (κ3) is 9.72. The van der Waals surface area contributed by atoms with Gasteiger partial charge in [-0.1, -0.05) is 119 Å². The van der Waals surface area contributed by atoms with Gasteiger partial charge in [-0.2, -0.15) is 0 Å². The van der Waals surface area contributed by atoms with Crippen molar-refractivity contribution in [2.45, 2.75) is 116 Å². The highest BCUT2D eigenvalue weighted by Gasteiger charge is 2.33. The lowest BCUT2D eigenvalue weighted by atomic mass is 9.71.